The summed E-state index contributed by atoms with van der Waals surface area (Å²) in [5.74, 6) is 0. The number of nitrogens with zero attached hydrogens (tertiary/aromatic N) is 8. The molecule has 0 saturated heterocycles. The van der Waals surface area contributed by atoms with Crippen molar-refractivity contribution in [3.8, 4) is 11.1 Å². The minimum atomic E-state index is -2.27. The Kier molecular flexibility index (Phi) is 12.1. The number of hydrogen-bond acceptors (Lipinski definition) is 4. The van der Waals surface area contributed by atoms with Crippen molar-refractivity contribution in [1.29, 1.82) is 0 Å². The lowest BCUT2D eigenvalue weighted by atomic mass is 10.1. The van der Waals surface area contributed by atoms with E-state index < -0.39 is 14.7 Å². The van der Waals surface area contributed by atoms with E-state index in [0.717, 1.165) is 33.1 Å². The number of thiocarbonyl (C=S) groups is 2. The lowest BCUT2D eigenvalue weighted by Crippen LogP contribution is -2.30. The highest BCUT2D eigenvalue weighted by Gasteiger charge is 2.30. The van der Waals surface area contributed by atoms with Crippen molar-refractivity contribution in [1.82, 2.24) is 28.6 Å². The van der Waals surface area contributed by atoms with E-state index in [1.165, 1.54) is 0 Å². The average Bonchev–Trinajstić information content (AvgIpc) is 3.03. The fourth-order valence-electron chi connectivity index (χ4n) is 5.24. The Hall–Kier alpha value is -3.18. The molecule has 4 aromatic rings. The molecule has 2 aromatic carbocycles. The number of aromatic nitrogens is 2. The Morgan fingerprint density at radius 3 is 1.04 bits per heavy atom. The van der Waals surface area contributed by atoms with Gasteiger partial charge in [0, 0.05) is 46.8 Å². The molecular weight excluding hydrogens is 651 g/mol. The minimum Gasteiger partial charge on any atom is -0.331 e. The molecule has 2 aromatic heterocycles. The van der Waals surface area contributed by atoms with Gasteiger partial charge in [-0.25, -0.2) is 9.49 Å². The number of nitrogens with one attached hydrogen (secondary N) is 2. The van der Waals surface area contributed by atoms with Gasteiger partial charge in [-0.05, 0) is 140 Å². The molecule has 0 saturated carbocycles. The van der Waals surface area contributed by atoms with Crippen molar-refractivity contribution in [3.63, 3.8) is 0 Å². The summed E-state index contributed by atoms with van der Waals surface area (Å²) in [6.07, 6.45) is 7.17. The maximum absolute atomic E-state index is 5.74. The predicted octanol–water partition coefficient (Wildman–Crippen LogP) is 6.50. The van der Waals surface area contributed by atoms with E-state index >= 15 is 0 Å². The quantitative estimate of drug-likeness (QED) is 0.150. The van der Waals surface area contributed by atoms with Crippen molar-refractivity contribution in [2.24, 2.45) is 9.49 Å². The second-order valence-corrected chi connectivity index (χ2v) is 18.8. The third kappa shape index (κ3) is 7.85. The van der Waals surface area contributed by atoms with Crippen LogP contribution < -0.4 is 21.2 Å². The van der Waals surface area contributed by atoms with E-state index in [-0.39, 0.29) is 0 Å². The first-order valence-electron chi connectivity index (χ1n) is 14.5. The summed E-state index contributed by atoms with van der Waals surface area (Å²) in [7, 11) is 11.7. The zero-order valence-corrected chi connectivity index (χ0v) is 30.9. The summed E-state index contributed by atoms with van der Waals surface area (Å²) in [6.45, 7) is 0. The van der Waals surface area contributed by atoms with Gasteiger partial charge in [0.15, 0.2) is 10.2 Å². The Bertz CT molecular complexity index is 1590. The Labute approximate surface area is 284 Å². The lowest BCUT2D eigenvalue weighted by molar-refractivity contribution is 0.572. The molecule has 0 fully saturated rings. The van der Waals surface area contributed by atoms with Gasteiger partial charge >= 0.3 is 0 Å². The molecule has 0 aliphatic carbocycles. The van der Waals surface area contributed by atoms with Gasteiger partial charge in [-0.3, -0.25) is 28.6 Å². The van der Waals surface area contributed by atoms with Crippen LogP contribution in [0.2, 0.25) is 0 Å². The van der Waals surface area contributed by atoms with Gasteiger partial charge in [0.05, 0.1) is 0 Å². The van der Waals surface area contributed by atoms with Crippen molar-refractivity contribution in [2.75, 3.05) is 67.0 Å². The van der Waals surface area contributed by atoms with Gasteiger partial charge in [-0.1, -0.05) is 24.3 Å². The molecule has 0 unspecified atom stereocenters. The van der Waals surface area contributed by atoms with Crippen LogP contribution in [0.4, 0.5) is 11.4 Å². The number of rotatable bonds is 9. The average molecular weight is 693 g/mol. The number of pyridine rings is 2. The molecule has 0 radical (unpaired) electrons. The van der Waals surface area contributed by atoms with Crippen LogP contribution in [0.15, 0.2) is 107 Å². The second kappa shape index (κ2) is 15.6. The van der Waals surface area contributed by atoms with Crippen molar-refractivity contribution < 1.29 is 0 Å². The van der Waals surface area contributed by atoms with Gasteiger partial charge in [-0.2, -0.15) is 0 Å². The maximum Gasteiger partial charge on any atom is 0.198 e. The van der Waals surface area contributed by atoms with Crippen LogP contribution in [0.25, 0.3) is 11.1 Å². The first kappa shape index (κ1) is 35.7. The standard InChI is InChI=1S/C32H42N10P2S2/c1-39(2)43(40(3)4,29-17-21-33-22-18-29)37-31(45)35-27-13-9-25(10-14-27)26-11-15-28(16-12-26)36-32(46)38-44(41(5)6,42(7)8)30-19-23-34-24-20-30/h9-24H,1-8H3,(H,35,45)(H,36,46). The Morgan fingerprint density at radius 1 is 0.500 bits per heavy atom. The number of hydrogen-bond donors (Lipinski definition) is 2. The first-order chi connectivity index (χ1) is 21.9. The van der Waals surface area contributed by atoms with Crippen LogP contribution >= 0.6 is 39.1 Å². The summed E-state index contributed by atoms with van der Waals surface area (Å²) in [5, 5.41) is 9.64. The fourth-order valence-corrected chi connectivity index (χ4v) is 12.1. The van der Waals surface area contributed by atoms with E-state index in [1.807, 2.05) is 105 Å². The van der Waals surface area contributed by atoms with Crippen LogP contribution in [-0.4, -0.2) is 95.3 Å². The molecular formula is C32H42N10P2S2. The van der Waals surface area contributed by atoms with Gasteiger partial charge in [0.2, 0.25) is 0 Å². The van der Waals surface area contributed by atoms with Crippen molar-refractivity contribution in [3.05, 3.63) is 97.6 Å². The van der Waals surface area contributed by atoms with Crippen LogP contribution in [-0.2, 0) is 0 Å². The normalized spacial score (nSPS) is 12.0. The Morgan fingerprint density at radius 2 is 0.783 bits per heavy atom. The predicted molar refractivity (Wildman–Crippen MR) is 206 cm³/mol. The van der Waals surface area contributed by atoms with Crippen molar-refractivity contribution >= 4 is 71.4 Å². The van der Waals surface area contributed by atoms with Crippen LogP contribution in [0.5, 0.6) is 0 Å². The first-order valence-corrected chi connectivity index (χ1v) is 18.6. The minimum absolute atomic E-state index is 0.427. The molecule has 46 heavy (non-hydrogen) atoms. The van der Waals surface area contributed by atoms with E-state index in [1.54, 1.807) is 24.8 Å². The molecule has 0 atom stereocenters. The van der Waals surface area contributed by atoms with E-state index in [0.29, 0.717) is 10.2 Å². The molecule has 14 heteroatoms. The highest BCUT2D eigenvalue weighted by atomic mass is 32.1. The lowest BCUT2D eigenvalue weighted by Gasteiger charge is -2.36. The smallest absolute Gasteiger partial charge is 0.198 e. The zero-order chi connectivity index (χ0) is 33.5. The topological polar surface area (TPSA) is 87.5 Å². The van der Waals surface area contributed by atoms with Gasteiger partial charge in [0.25, 0.3) is 0 Å². The summed E-state index contributed by atoms with van der Waals surface area (Å²) >= 11 is 11.5. The molecule has 0 bridgehead atoms. The van der Waals surface area contributed by atoms with Gasteiger partial charge in [-0.15, -0.1) is 0 Å². The van der Waals surface area contributed by atoms with Gasteiger partial charge in [0.1, 0.15) is 14.7 Å². The monoisotopic (exact) mass is 692 g/mol. The van der Waals surface area contributed by atoms with E-state index in [9.17, 15) is 0 Å². The SMILES string of the molecule is CN(C)P(=NC(=S)Nc1ccc(-c2ccc(NC(=S)N=P(c3ccncc3)(N(C)C)N(C)C)cc2)cc1)(c1ccncc1)N(C)C. The number of anilines is 2. The molecule has 10 nitrogen and oxygen atoms in total. The molecule has 2 N–H and O–H groups in total. The molecule has 0 aliphatic rings. The van der Waals surface area contributed by atoms with Crippen LogP contribution in [0.1, 0.15) is 0 Å². The van der Waals surface area contributed by atoms with Crippen molar-refractivity contribution in [2.45, 2.75) is 0 Å². The second-order valence-electron chi connectivity index (χ2n) is 11.2. The third-order valence-electron chi connectivity index (χ3n) is 7.32. The molecule has 0 amide bonds. The largest absolute Gasteiger partial charge is 0.331 e. The zero-order valence-electron chi connectivity index (χ0n) is 27.5. The van der Waals surface area contributed by atoms with E-state index in [2.05, 4.69) is 63.5 Å². The number of benzene rings is 2. The molecule has 4 rings (SSSR count). The molecule has 0 aliphatic heterocycles. The highest BCUT2D eigenvalue weighted by Crippen LogP contribution is 2.53. The van der Waals surface area contributed by atoms with Crippen LogP contribution in [0, 0.1) is 0 Å². The van der Waals surface area contributed by atoms with E-state index in [4.69, 9.17) is 33.9 Å². The summed E-state index contributed by atoms with van der Waals surface area (Å²) in [5.41, 5.74) is 3.90. The summed E-state index contributed by atoms with van der Waals surface area (Å²) in [6, 6.07) is 24.3. The molecule has 2 heterocycles. The summed E-state index contributed by atoms with van der Waals surface area (Å²) in [4.78, 5) is 8.37. The molecule has 0 spiro atoms. The summed E-state index contributed by atoms with van der Waals surface area (Å²) < 4.78 is 18.7. The maximum atomic E-state index is 5.74. The Balaban J connectivity index is 1.50. The highest BCUT2D eigenvalue weighted by molar-refractivity contribution is 7.82. The third-order valence-corrected chi connectivity index (χ3v) is 15.4. The fraction of sp³-hybridized carbons (Fsp3) is 0.250. The van der Waals surface area contributed by atoms with Crippen LogP contribution in [0.3, 0.4) is 0 Å². The molecule has 242 valence electrons. The van der Waals surface area contributed by atoms with Gasteiger partial charge < -0.3 is 10.6 Å².